The van der Waals surface area contributed by atoms with Gasteiger partial charge in [-0.05, 0) is 30.2 Å². The molecule has 0 saturated carbocycles. The highest BCUT2D eigenvalue weighted by atomic mass is 32.2. The Hall–Kier alpha value is -1.85. The molecular weight excluding hydrogens is 322 g/mol. The molecule has 1 amide bonds. The fraction of sp³-hybridized carbons (Fsp3) is 0.300. The Morgan fingerprint density at radius 3 is 2.57 bits per heavy atom. The second-order valence-corrected chi connectivity index (χ2v) is 7.41. The summed E-state index contributed by atoms with van der Waals surface area (Å²) in [5.74, 6) is 0. The van der Waals surface area contributed by atoms with Crippen molar-refractivity contribution in [2.45, 2.75) is 11.3 Å². The van der Waals surface area contributed by atoms with Crippen LogP contribution in [-0.4, -0.2) is 36.6 Å². The van der Waals surface area contributed by atoms with E-state index in [-0.39, 0.29) is 11.4 Å². The van der Waals surface area contributed by atoms with E-state index in [1.165, 1.54) is 18.2 Å². The lowest BCUT2D eigenvalue weighted by Gasteiger charge is -2.19. The van der Waals surface area contributed by atoms with Gasteiger partial charge < -0.3 is 4.74 Å². The lowest BCUT2D eigenvalue weighted by atomic mass is 10.2. The minimum Gasteiger partial charge on any atom is -0.452 e. The van der Waals surface area contributed by atoms with Gasteiger partial charge in [0.25, 0.3) is 0 Å². The van der Waals surface area contributed by atoms with Gasteiger partial charge in [0.2, 0.25) is 10.0 Å². The number of hydrogen-bond acceptors (Lipinski definition) is 6. The van der Waals surface area contributed by atoms with Crippen molar-refractivity contribution in [3.05, 3.63) is 23.8 Å². The van der Waals surface area contributed by atoms with Crippen LogP contribution in [0.1, 0.15) is 5.56 Å². The van der Waals surface area contributed by atoms with Gasteiger partial charge in [0.15, 0.2) is 0 Å². The van der Waals surface area contributed by atoms with Crippen LogP contribution < -0.4 is 14.2 Å². The highest BCUT2D eigenvalue weighted by molar-refractivity contribution is 7.91. The second-order valence-electron chi connectivity index (χ2n) is 4.26. The number of benzene rings is 1. The number of primary sulfonamides is 1. The van der Waals surface area contributed by atoms with Crippen molar-refractivity contribution in [1.29, 1.82) is 0 Å². The zero-order valence-electron chi connectivity index (χ0n) is 10.9. The average molecular weight is 335 g/mol. The van der Waals surface area contributed by atoms with Crippen LogP contribution in [0.25, 0.3) is 0 Å². The molecule has 0 atom stereocenters. The van der Waals surface area contributed by atoms with Gasteiger partial charge in [0, 0.05) is 6.54 Å². The van der Waals surface area contributed by atoms with Crippen molar-refractivity contribution in [2.75, 3.05) is 18.0 Å². The monoisotopic (exact) mass is 335 g/mol. The molecule has 0 aromatic heterocycles. The Labute approximate surface area is 121 Å². The highest BCUT2D eigenvalue weighted by Gasteiger charge is 2.31. The first-order chi connectivity index (χ1) is 9.65. The van der Waals surface area contributed by atoms with Crippen LogP contribution in [0.3, 0.4) is 0 Å². The fourth-order valence-corrected chi connectivity index (χ4v) is 3.71. The summed E-state index contributed by atoms with van der Waals surface area (Å²) in [5.41, 5.74) is 0.801. The Morgan fingerprint density at radius 1 is 1.33 bits per heavy atom. The summed E-state index contributed by atoms with van der Waals surface area (Å²) in [6, 6.07) is 3.86. The minimum absolute atomic E-state index is 0.0791. The summed E-state index contributed by atoms with van der Waals surface area (Å²) in [6.07, 6.45) is -0.801. The molecule has 1 aromatic rings. The lowest BCUT2D eigenvalue weighted by Crippen LogP contribution is -2.42. The molecule has 1 aromatic carbocycles. The quantitative estimate of drug-likeness (QED) is 0.749. The van der Waals surface area contributed by atoms with E-state index in [2.05, 4.69) is 4.74 Å². The summed E-state index contributed by atoms with van der Waals surface area (Å²) in [4.78, 5) is 11.0. The van der Waals surface area contributed by atoms with Gasteiger partial charge in [-0.3, -0.25) is 4.31 Å². The summed E-state index contributed by atoms with van der Waals surface area (Å²) < 4.78 is 53.5. The molecule has 0 aliphatic carbocycles. The number of anilines is 1. The number of sulfonamides is 1. The molecule has 0 fully saturated rings. The highest BCUT2D eigenvalue weighted by Crippen LogP contribution is 2.31. The van der Waals surface area contributed by atoms with Crippen LogP contribution in [0.15, 0.2) is 23.1 Å². The molecule has 9 nitrogen and oxygen atoms in total. The molecule has 1 aliphatic heterocycles. The summed E-state index contributed by atoms with van der Waals surface area (Å²) in [5, 5.41) is 5.02. The molecule has 0 bridgehead atoms. The van der Waals surface area contributed by atoms with Gasteiger partial charge in [-0.2, -0.15) is 8.42 Å². The van der Waals surface area contributed by atoms with Gasteiger partial charge in [0.1, 0.15) is 0 Å². The van der Waals surface area contributed by atoms with E-state index in [4.69, 9.17) is 5.14 Å². The first kappa shape index (κ1) is 15.5. The molecular formula is C10H13N3O6S2. The zero-order chi connectivity index (χ0) is 15.8. The number of nitrogens with one attached hydrogen (secondary N) is 1. The van der Waals surface area contributed by atoms with Crippen molar-refractivity contribution >= 4 is 32.0 Å². The largest absolute Gasteiger partial charge is 0.452 e. The SMILES string of the molecule is COC(=O)NS(=O)(=O)N1CCc2cc(S(N)(=O)=O)ccc21. The summed E-state index contributed by atoms with van der Waals surface area (Å²) in [7, 11) is -6.92. The smallest absolute Gasteiger partial charge is 0.422 e. The van der Waals surface area contributed by atoms with Crippen LogP contribution in [0.2, 0.25) is 0 Å². The third-order valence-corrected chi connectivity index (χ3v) is 5.22. The number of nitrogens with two attached hydrogens (primary N) is 1. The van der Waals surface area contributed by atoms with E-state index in [1.54, 1.807) is 4.72 Å². The standard InChI is InChI=1S/C10H13N3O6S2/c1-19-10(14)12-21(17,18)13-5-4-7-6-8(20(11,15)16)2-3-9(7)13/h2-3,6H,4-5H2,1H3,(H,12,14)(H2,11,15,16). The number of amides is 1. The predicted octanol–water partition coefficient (Wildman–Crippen LogP) is -0.703. The molecule has 116 valence electrons. The molecule has 21 heavy (non-hydrogen) atoms. The third kappa shape index (κ3) is 3.09. The number of fused-ring (bicyclic) bond motifs is 1. The van der Waals surface area contributed by atoms with Crippen molar-refractivity contribution in [1.82, 2.24) is 4.72 Å². The maximum atomic E-state index is 12.0. The minimum atomic E-state index is -4.10. The van der Waals surface area contributed by atoms with Crippen LogP contribution >= 0.6 is 0 Å². The first-order valence-electron chi connectivity index (χ1n) is 5.69. The zero-order valence-corrected chi connectivity index (χ0v) is 12.6. The topological polar surface area (TPSA) is 136 Å². The van der Waals surface area contributed by atoms with Gasteiger partial charge in [-0.25, -0.2) is 23.1 Å². The van der Waals surface area contributed by atoms with E-state index in [0.29, 0.717) is 17.7 Å². The molecule has 11 heteroatoms. The van der Waals surface area contributed by atoms with E-state index >= 15 is 0 Å². The predicted molar refractivity (Wildman–Crippen MR) is 73.3 cm³/mol. The lowest BCUT2D eigenvalue weighted by molar-refractivity contribution is 0.177. The number of methoxy groups -OCH3 is 1. The Balaban J connectivity index is 2.37. The summed E-state index contributed by atoms with van der Waals surface area (Å²) >= 11 is 0. The van der Waals surface area contributed by atoms with Crippen LogP contribution in [0, 0.1) is 0 Å². The summed E-state index contributed by atoms with van der Waals surface area (Å²) in [6.45, 7) is 0.0791. The Bertz CT molecular complexity index is 787. The fourth-order valence-electron chi connectivity index (χ4n) is 1.98. The number of ether oxygens (including phenoxy) is 1. The van der Waals surface area contributed by atoms with Crippen LogP contribution in [-0.2, 0) is 31.4 Å². The molecule has 0 saturated heterocycles. The van der Waals surface area contributed by atoms with E-state index in [9.17, 15) is 21.6 Å². The normalized spacial score (nSPS) is 14.7. The first-order valence-corrected chi connectivity index (χ1v) is 8.68. The molecule has 1 aliphatic rings. The number of carbonyl (C=O) groups is 1. The molecule has 1 heterocycles. The number of carbonyl (C=O) groups excluding carboxylic acids is 1. The number of hydrogen-bond donors (Lipinski definition) is 2. The Morgan fingerprint density at radius 2 is 2.00 bits per heavy atom. The van der Waals surface area contributed by atoms with Crippen LogP contribution in [0.4, 0.5) is 10.5 Å². The number of nitrogens with zero attached hydrogens (tertiary/aromatic N) is 1. The van der Waals surface area contributed by atoms with Crippen LogP contribution in [0.5, 0.6) is 0 Å². The van der Waals surface area contributed by atoms with Gasteiger partial charge in [-0.1, -0.05) is 0 Å². The second kappa shape index (κ2) is 5.16. The third-order valence-electron chi connectivity index (χ3n) is 2.92. The number of rotatable bonds is 3. The van der Waals surface area contributed by atoms with E-state index in [1.807, 2.05) is 0 Å². The van der Waals surface area contributed by atoms with Crippen molar-refractivity contribution in [3.8, 4) is 0 Å². The van der Waals surface area contributed by atoms with Crippen molar-refractivity contribution < 1.29 is 26.4 Å². The van der Waals surface area contributed by atoms with E-state index in [0.717, 1.165) is 11.4 Å². The van der Waals surface area contributed by atoms with Gasteiger partial charge in [0.05, 0.1) is 17.7 Å². The van der Waals surface area contributed by atoms with Gasteiger partial charge >= 0.3 is 16.3 Å². The molecule has 3 N–H and O–H groups in total. The Kier molecular flexibility index (Phi) is 3.82. The average Bonchev–Trinajstić information content (AvgIpc) is 2.80. The maximum absolute atomic E-state index is 12.0. The van der Waals surface area contributed by atoms with Crippen molar-refractivity contribution in [3.63, 3.8) is 0 Å². The molecule has 0 spiro atoms. The van der Waals surface area contributed by atoms with E-state index < -0.39 is 26.3 Å². The van der Waals surface area contributed by atoms with Gasteiger partial charge in [-0.15, -0.1) is 0 Å². The molecule has 0 radical (unpaired) electrons. The van der Waals surface area contributed by atoms with Crippen molar-refractivity contribution in [2.24, 2.45) is 5.14 Å². The molecule has 2 rings (SSSR count). The maximum Gasteiger partial charge on any atom is 0.422 e. The molecule has 0 unspecified atom stereocenters.